The molecular formula is C15H13ClN4OS2. The molecule has 0 saturated carbocycles. The van der Waals surface area contributed by atoms with Gasteiger partial charge in [-0.2, -0.15) is 5.10 Å². The minimum absolute atomic E-state index is 0.114. The summed E-state index contributed by atoms with van der Waals surface area (Å²) in [4.78, 5) is 13.2. The molecule has 0 saturated heterocycles. The van der Waals surface area contributed by atoms with E-state index in [0.717, 1.165) is 10.4 Å². The molecule has 0 fully saturated rings. The van der Waals surface area contributed by atoms with Gasteiger partial charge in [0.25, 0.3) is 0 Å². The number of benzene rings is 1. The van der Waals surface area contributed by atoms with Gasteiger partial charge in [0.15, 0.2) is 10.6 Å². The molecule has 0 aliphatic carbocycles. The van der Waals surface area contributed by atoms with Crippen molar-refractivity contribution in [2.45, 2.75) is 13.1 Å². The molecule has 2 N–H and O–H groups in total. The van der Waals surface area contributed by atoms with E-state index in [9.17, 15) is 4.79 Å². The van der Waals surface area contributed by atoms with Gasteiger partial charge in [-0.15, -0.1) is 11.3 Å². The maximum absolute atomic E-state index is 12.2. The smallest absolute Gasteiger partial charge is 0.240 e. The quantitative estimate of drug-likeness (QED) is 0.679. The zero-order valence-electron chi connectivity index (χ0n) is 12.0. The van der Waals surface area contributed by atoms with Crippen molar-refractivity contribution in [1.82, 2.24) is 20.1 Å². The second kappa shape index (κ2) is 7.08. The predicted molar refractivity (Wildman–Crippen MR) is 94.0 cm³/mol. The van der Waals surface area contributed by atoms with Crippen molar-refractivity contribution in [3.8, 4) is 10.7 Å². The first kappa shape index (κ1) is 15.9. The van der Waals surface area contributed by atoms with E-state index in [1.807, 2.05) is 35.7 Å². The van der Waals surface area contributed by atoms with Crippen molar-refractivity contribution in [2.75, 3.05) is 0 Å². The molecule has 0 bridgehead atoms. The first-order chi connectivity index (χ1) is 11.1. The number of aromatic nitrogens is 3. The van der Waals surface area contributed by atoms with Gasteiger partial charge in [-0.25, -0.2) is 0 Å². The number of rotatable bonds is 5. The van der Waals surface area contributed by atoms with Crippen LogP contribution in [0.3, 0.4) is 0 Å². The Morgan fingerprint density at radius 2 is 2.26 bits per heavy atom. The van der Waals surface area contributed by atoms with Crippen LogP contribution in [0.15, 0.2) is 41.8 Å². The van der Waals surface area contributed by atoms with Gasteiger partial charge in [-0.1, -0.05) is 29.8 Å². The third-order valence-corrected chi connectivity index (χ3v) is 4.59. The fourth-order valence-electron chi connectivity index (χ4n) is 2.11. The fourth-order valence-corrected chi connectivity index (χ4v) is 3.24. The van der Waals surface area contributed by atoms with Gasteiger partial charge >= 0.3 is 0 Å². The molecule has 1 aromatic carbocycles. The van der Waals surface area contributed by atoms with Crippen molar-refractivity contribution >= 4 is 41.1 Å². The summed E-state index contributed by atoms with van der Waals surface area (Å²) < 4.78 is 2.11. The minimum atomic E-state index is -0.139. The molecule has 3 rings (SSSR count). The molecule has 23 heavy (non-hydrogen) atoms. The highest BCUT2D eigenvalue weighted by molar-refractivity contribution is 7.71. The Labute approximate surface area is 146 Å². The normalized spacial score (nSPS) is 10.7. The average molecular weight is 365 g/mol. The van der Waals surface area contributed by atoms with Crippen LogP contribution in [0.5, 0.6) is 0 Å². The van der Waals surface area contributed by atoms with Gasteiger partial charge < -0.3 is 5.32 Å². The highest BCUT2D eigenvalue weighted by Crippen LogP contribution is 2.22. The van der Waals surface area contributed by atoms with Gasteiger partial charge in [-0.3, -0.25) is 14.5 Å². The molecular weight excluding hydrogens is 352 g/mol. The van der Waals surface area contributed by atoms with E-state index in [4.69, 9.17) is 23.8 Å². The number of H-pyrrole nitrogens is 1. The Morgan fingerprint density at radius 1 is 1.39 bits per heavy atom. The summed E-state index contributed by atoms with van der Waals surface area (Å²) in [5, 5.41) is 12.4. The summed E-state index contributed by atoms with van der Waals surface area (Å²) in [5.74, 6) is 0.531. The highest BCUT2D eigenvalue weighted by atomic mass is 35.5. The number of carbonyl (C=O) groups excluding carboxylic acids is 1. The van der Waals surface area contributed by atoms with Crippen molar-refractivity contribution < 1.29 is 4.79 Å². The van der Waals surface area contributed by atoms with Crippen LogP contribution >= 0.6 is 35.2 Å². The molecule has 0 radical (unpaired) electrons. The van der Waals surface area contributed by atoms with Gasteiger partial charge in [0.2, 0.25) is 5.91 Å². The Morgan fingerprint density at radius 3 is 3.00 bits per heavy atom. The number of nitrogens with zero attached hydrogens (tertiary/aromatic N) is 2. The molecule has 0 aliphatic heterocycles. The summed E-state index contributed by atoms with van der Waals surface area (Å²) in [6.45, 7) is 0.530. The number of nitrogens with one attached hydrogen (secondary N) is 2. The molecule has 0 spiro atoms. The van der Waals surface area contributed by atoms with E-state index in [-0.39, 0.29) is 12.5 Å². The molecule has 118 valence electrons. The van der Waals surface area contributed by atoms with Crippen molar-refractivity contribution in [3.05, 3.63) is 57.1 Å². The Kier molecular flexibility index (Phi) is 4.90. The fraction of sp³-hybridized carbons (Fsp3) is 0.133. The van der Waals surface area contributed by atoms with E-state index < -0.39 is 0 Å². The van der Waals surface area contributed by atoms with Crippen LogP contribution in [0.4, 0.5) is 0 Å². The van der Waals surface area contributed by atoms with Crippen LogP contribution in [0, 0.1) is 4.77 Å². The number of hydrogen-bond donors (Lipinski definition) is 2. The Bertz CT molecular complexity index is 870. The summed E-state index contributed by atoms with van der Waals surface area (Å²) in [5.41, 5.74) is 0.945. The summed E-state index contributed by atoms with van der Waals surface area (Å²) in [7, 11) is 0. The number of carbonyl (C=O) groups is 1. The van der Waals surface area contributed by atoms with Crippen LogP contribution in [0.2, 0.25) is 5.02 Å². The summed E-state index contributed by atoms with van der Waals surface area (Å²) in [6.07, 6.45) is 0. The van der Waals surface area contributed by atoms with Gasteiger partial charge in [0.05, 0.1) is 4.88 Å². The van der Waals surface area contributed by atoms with Crippen molar-refractivity contribution in [3.63, 3.8) is 0 Å². The molecule has 1 amide bonds. The highest BCUT2D eigenvalue weighted by Gasteiger charge is 2.12. The second-order valence-corrected chi connectivity index (χ2v) is 6.59. The first-order valence-electron chi connectivity index (χ1n) is 6.84. The number of aromatic amines is 1. The van der Waals surface area contributed by atoms with Crippen LogP contribution in [-0.4, -0.2) is 20.7 Å². The molecule has 2 aromatic heterocycles. The van der Waals surface area contributed by atoms with Gasteiger partial charge in [0.1, 0.15) is 6.54 Å². The zero-order chi connectivity index (χ0) is 16.2. The van der Waals surface area contributed by atoms with Crippen LogP contribution in [-0.2, 0) is 17.9 Å². The van der Waals surface area contributed by atoms with E-state index in [1.54, 1.807) is 22.0 Å². The van der Waals surface area contributed by atoms with E-state index >= 15 is 0 Å². The minimum Gasteiger partial charge on any atom is -0.350 e. The summed E-state index contributed by atoms with van der Waals surface area (Å²) >= 11 is 12.7. The Balaban J connectivity index is 1.69. The Hall–Kier alpha value is -1.96. The van der Waals surface area contributed by atoms with E-state index in [2.05, 4.69) is 15.5 Å². The lowest BCUT2D eigenvalue weighted by Crippen LogP contribution is -2.27. The van der Waals surface area contributed by atoms with Crippen LogP contribution in [0.1, 0.15) is 5.56 Å². The standard InChI is InChI=1S/C15H13ClN4OS2/c16-11-4-1-3-10(7-11)8-17-13(21)9-20-14(18-19-15(20)22)12-5-2-6-23-12/h1-7H,8-9H2,(H,17,21)(H,19,22). The number of halogens is 1. The molecule has 0 aliphatic rings. The molecule has 5 nitrogen and oxygen atoms in total. The molecule has 0 unspecified atom stereocenters. The lowest BCUT2D eigenvalue weighted by molar-refractivity contribution is -0.121. The maximum Gasteiger partial charge on any atom is 0.240 e. The van der Waals surface area contributed by atoms with Crippen LogP contribution < -0.4 is 5.32 Å². The molecule has 3 aromatic rings. The molecule has 8 heteroatoms. The lowest BCUT2D eigenvalue weighted by atomic mass is 10.2. The average Bonchev–Trinajstić information content (AvgIpc) is 3.16. The van der Waals surface area contributed by atoms with Crippen LogP contribution in [0.25, 0.3) is 10.7 Å². The maximum atomic E-state index is 12.2. The SMILES string of the molecule is O=C(Cn1c(-c2cccs2)n[nH]c1=S)NCc1cccc(Cl)c1. The summed E-state index contributed by atoms with van der Waals surface area (Å²) in [6, 6.07) is 11.3. The third-order valence-electron chi connectivity index (χ3n) is 3.18. The topological polar surface area (TPSA) is 62.7 Å². The van der Waals surface area contributed by atoms with Gasteiger partial charge in [0, 0.05) is 11.6 Å². The number of amides is 1. The third kappa shape index (κ3) is 3.87. The first-order valence-corrected chi connectivity index (χ1v) is 8.50. The lowest BCUT2D eigenvalue weighted by Gasteiger charge is -2.08. The molecule has 2 heterocycles. The predicted octanol–water partition coefficient (Wildman–Crippen LogP) is 3.64. The zero-order valence-corrected chi connectivity index (χ0v) is 14.3. The largest absolute Gasteiger partial charge is 0.350 e. The van der Waals surface area contributed by atoms with E-state index in [1.165, 1.54) is 0 Å². The van der Waals surface area contributed by atoms with Crippen molar-refractivity contribution in [1.29, 1.82) is 0 Å². The monoisotopic (exact) mass is 364 g/mol. The number of thiophene rings is 1. The van der Waals surface area contributed by atoms with E-state index in [0.29, 0.717) is 22.2 Å². The van der Waals surface area contributed by atoms with Gasteiger partial charge in [-0.05, 0) is 41.4 Å². The van der Waals surface area contributed by atoms with Crippen molar-refractivity contribution in [2.24, 2.45) is 0 Å². The molecule has 0 atom stereocenters. The number of hydrogen-bond acceptors (Lipinski definition) is 4. The second-order valence-electron chi connectivity index (χ2n) is 4.82.